The molecule has 0 saturated heterocycles. The number of nitrogens with zero attached hydrogens (tertiary/aromatic N) is 3. The second kappa shape index (κ2) is 5.66. The zero-order valence-corrected chi connectivity index (χ0v) is 9.69. The number of hydrogen-bond acceptors (Lipinski definition) is 4. The molecule has 0 amide bonds. The second-order valence-corrected chi connectivity index (χ2v) is 3.61. The number of rotatable bonds is 5. The summed E-state index contributed by atoms with van der Waals surface area (Å²) in [6.07, 6.45) is 2.81. The lowest BCUT2D eigenvalue weighted by molar-refractivity contribution is 0.301. The minimum atomic E-state index is 0.147. The van der Waals surface area contributed by atoms with Gasteiger partial charge in [0, 0.05) is 13.1 Å². The standard InChI is InChI=1S/C11H19N3O/c1-4-5-14(6-7-15)11-8-12-9(2)10(3)13-11/h8,15H,4-7H2,1-3H3. The first-order valence-corrected chi connectivity index (χ1v) is 5.35. The van der Waals surface area contributed by atoms with Gasteiger partial charge in [-0.3, -0.25) is 4.98 Å². The summed E-state index contributed by atoms with van der Waals surface area (Å²) < 4.78 is 0. The van der Waals surface area contributed by atoms with Crippen LogP contribution < -0.4 is 4.90 Å². The molecule has 0 aromatic carbocycles. The molecule has 4 nitrogen and oxygen atoms in total. The highest BCUT2D eigenvalue weighted by molar-refractivity contribution is 5.37. The Morgan fingerprint density at radius 1 is 1.27 bits per heavy atom. The first kappa shape index (κ1) is 11.9. The molecule has 0 aliphatic heterocycles. The molecule has 84 valence electrons. The van der Waals surface area contributed by atoms with Crippen molar-refractivity contribution in [2.75, 3.05) is 24.6 Å². The quantitative estimate of drug-likeness (QED) is 0.794. The minimum absolute atomic E-state index is 0.147. The third-order valence-electron chi connectivity index (χ3n) is 2.37. The van der Waals surface area contributed by atoms with Gasteiger partial charge < -0.3 is 10.0 Å². The van der Waals surface area contributed by atoms with Crippen LogP contribution in [-0.2, 0) is 0 Å². The van der Waals surface area contributed by atoms with Crippen molar-refractivity contribution in [1.29, 1.82) is 0 Å². The van der Waals surface area contributed by atoms with Crippen LogP contribution in [0, 0.1) is 13.8 Å². The van der Waals surface area contributed by atoms with Crippen LogP contribution in [0.1, 0.15) is 24.7 Å². The maximum absolute atomic E-state index is 8.96. The van der Waals surface area contributed by atoms with Gasteiger partial charge in [-0.1, -0.05) is 6.92 Å². The molecule has 1 N–H and O–H groups in total. The summed E-state index contributed by atoms with van der Waals surface area (Å²) in [6, 6.07) is 0. The van der Waals surface area contributed by atoms with Gasteiger partial charge >= 0.3 is 0 Å². The zero-order valence-electron chi connectivity index (χ0n) is 9.69. The second-order valence-electron chi connectivity index (χ2n) is 3.61. The molecule has 0 atom stereocenters. The highest BCUT2D eigenvalue weighted by Crippen LogP contribution is 2.11. The first-order chi connectivity index (χ1) is 7.19. The largest absolute Gasteiger partial charge is 0.395 e. The van der Waals surface area contributed by atoms with Gasteiger partial charge in [0.25, 0.3) is 0 Å². The Bertz CT molecular complexity index is 309. The van der Waals surface area contributed by atoms with Crippen LogP contribution in [0.15, 0.2) is 6.20 Å². The lowest BCUT2D eigenvalue weighted by Gasteiger charge is -2.22. The van der Waals surface area contributed by atoms with Crippen LogP contribution in [0.5, 0.6) is 0 Å². The van der Waals surface area contributed by atoms with Crippen LogP contribution >= 0.6 is 0 Å². The molecule has 4 heteroatoms. The van der Waals surface area contributed by atoms with Crippen LogP contribution in [0.2, 0.25) is 0 Å². The van der Waals surface area contributed by atoms with Crippen LogP contribution in [0.25, 0.3) is 0 Å². The van der Waals surface area contributed by atoms with E-state index >= 15 is 0 Å². The fourth-order valence-corrected chi connectivity index (χ4v) is 1.41. The number of hydrogen-bond donors (Lipinski definition) is 1. The van der Waals surface area contributed by atoms with Crippen molar-refractivity contribution in [3.63, 3.8) is 0 Å². The van der Waals surface area contributed by atoms with E-state index in [-0.39, 0.29) is 6.61 Å². The fourth-order valence-electron chi connectivity index (χ4n) is 1.41. The minimum Gasteiger partial charge on any atom is -0.395 e. The lowest BCUT2D eigenvalue weighted by atomic mass is 10.3. The topological polar surface area (TPSA) is 49.2 Å². The van der Waals surface area contributed by atoms with E-state index in [4.69, 9.17) is 5.11 Å². The number of aliphatic hydroxyl groups excluding tert-OH is 1. The van der Waals surface area contributed by atoms with E-state index in [1.807, 2.05) is 13.8 Å². The Morgan fingerprint density at radius 3 is 2.53 bits per heavy atom. The molecule has 0 unspecified atom stereocenters. The monoisotopic (exact) mass is 209 g/mol. The van der Waals surface area contributed by atoms with E-state index in [1.54, 1.807) is 6.20 Å². The average molecular weight is 209 g/mol. The third-order valence-corrected chi connectivity index (χ3v) is 2.37. The summed E-state index contributed by atoms with van der Waals surface area (Å²) in [7, 11) is 0. The smallest absolute Gasteiger partial charge is 0.147 e. The van der Waals surface area contributed by atoms with E-state index in [2.05, 4.69) is 21.8 Å². The Labute approximate surface area is 91.0 Å². The number of aliphatic hydroxyl groups is 1. The van der Waals surface area contributed by atoms with Crippen molar-refractivity contribution < 1.29 is 5.11 Å². The Hall–Kier alpha value is -1.16. The zero-order chi connectivity index (χ0) is 11.3. The van der Waals surface area contributed by atoms with Gasteiger partial charge in [0.1, 0.15) is 5.82 Å². The summed E-state index contributed by atoms with van der Waals surface area (Å²) >= 11 is 0. The van der Waals surface area contributed by atoms with Crippen molar-refractivity contribution in [1.82, 2.24) is 9.97 Å². The third kappa shape index (κ3) is 3.16. The van der Waals surface area contributed by atoms with Crippen molar-refractivity contribution in [3.8, 4) is 0 Å². The Kier molecular flexibility index (Phi) is 4.49. The fraction of sp³-hybridized carbons (Fsp3) is 0.636. The normalized spacial score (nSPS) is 10.4. The maximum Gasteiger partial charge on any atom is 0.147 e. The highest BCUT2D eigenvalue weighted by atomic mass is 16.3. The number of aryl methyl sites for hydroxylation is 2. The highest BCUT2D eigenvalue weighted by Gasteiger charge is 2.07. The average Bonchev–Trinajstić information content (AvgIpc) is 2.22. The van der Waals surface area contributed by atoms with Gasteiger partial charge in [-0.2, -0.15) is 0 Å². The van der Waals surface area contributed by atoms with Gasteiger partial charge in [-0.25, -0.2) is 4.98 Å². The van der Waals surface area contributed by atoms with Crippen molar-refractivity contribution >= 4 is 5.82 Å². The van der Waals surface area contributed by atoms with Crippen molar-refractivity contribution in [2.24, 2.45) is 0 Å². The van der Waals surface area contributed by atoms with E-state index in [0.29, 0.717) is 6.54 Å². The summed E-state index contributed by atoms with van der Waals surface area (Å²) in [5, 5.41) is 8.96. The molecule has 0 radical (unpaired) electrons. The predicted octanol–water partition coefficient (Wildman–Crippen LogP) is 1.30. The van der Waals surface area contributed by atoms with Gasteiger partial charge in [0.15, 0.2) is 0 Å². The molecule has 0 bridgehead atoms. The SMILES string of the molecule is CCCN(CCO)c1cnc(C)c(C)n1. The number of anilines is 1. The Morgan fingerprint density at radius 2 is 2.00 bits per heavy atom. The van der Waals surface area contributed by atoms with Crippen LogP contribution in [0.3, 0.4) is 0 Å². The van der Waals surface area contributed by atoms with Crippen LogP contribution in [-0.4, -0.2) is 34.8 Å². The van der Waals surface area contributed by atoms with Crippen LogP contribution in [0.4, 0.5) is 5.82 Å². The van der Waals surface area contributed by atoms with Crippen molar-refractivity contribution in [2.45, 2.75) is 27.2 Å². The predicted molar refractivity (Wildman–Crippen MR) is 61.1 cm³/mol. The molecule has 1 heterocycles. The van der Waals surface area contributed by atoms with Crippen molar-refractivity contribution in [3.05, 3.63) is 17.6 Å². The lowest BCUT2D eigenvalue weighted by Crippen LogP contribution is -2.28. The Balaban J connectivity index is 2.85. The van der Waals surface area contributed by atoms with Gasteiger partial charge in [0.2, 0.25) is 0 Å². The van der Waals surface area contributed by atoms with E-state index in [9.17, 15) is 0 Å². The first-order valence-electron chi connectivity index (χ1n) is 5.35. The van der Waals surface area contributed by atoms with E-state index in [1.165, 1.54) is 0 Å². The maximum atomic E-state index is 8.96. The molecule has 15 heavy (non-hydrogen) atoms. The molecular formula is C11H19N3O. The van der Waals surface area contributed by atoms with Gasteiger partial charge in [0.05, 0.1) is 24.2 Å². The summed E-state index contributed by atoms with van der Waals surface area (Å²) in [4.78, 5) is 10.8. The molecule has 1 aromatic rings. The number of aromatic nitrogens is 2. The summed E-state index contributed by atoms with van der Waals surface area (Å²) in [6.45, 7) is 7.67. The molecule has 1 aromatic heterocycles. The molecule has 1 rings (SSSR count). The van der Waals surface area contributed by atoms with E-state index < -0.39 is 0 Å². The van der Waals surface area contributed by atoms with Gasteiger partial charge in [-0.05, 0) is 20.3 Å². The summed E-state index contributed by atoms with van der Waals surface area (Å²) in [5.41, 5.74) is 1.91. The summed E-state index contributed by atoms with van der Waals surface area (Å²) in [5.74, 6) is 0.856. The molecule has 0 aliphatic rings. The van der Waals surface area contributed by atoms with Gasteiger partial charge in [-0.15, -0.1) is 0 Å². The molecule has 0 spiro atoms. The van der Waals surface area contributed by atoms with E-state index in [0.717, 1.165) is 30.2 Å². The molecular weight excluding hydrogens is 190 g/mol. The molecule has 0 aliphatic carbocycles. The molecule has 0 fully saturated rings. The molecule has 0 saturated carbocycles.